The van der Waals surface area contributed by atoms with Gasteiger partial charge in [0.05, 0.1) is 19.2 Å². The maximum Gasteiger partial charge on any atom is 0.259 e. The van der Waals surface area contributed by atoms with Crippen LogP contribution in [-0.4, -0.2) is 70.6 Å². The zero-order chi connectivity index (χ0) is 24.1. The molecule has 1 aliphatic carbocycles. The lowest BCUT2D eigenvalue weighted by Crippen LogP contribution is -2.50. The molecule has 2 aliphatic rings. The molecular formula is C26H37N3O4. The first-order chi connectivity index (χ1) is 15.7. The molecule has 1 fully saturated rings. The maximum atomic E-state index is 13.4. The van der Waals surface area contributed by atoms with Crippen LogP contribution in [0.1, 0.15) is 69.3 Å². The van der Waals surface area contributed by atoms with E-state index in [-0.39, 0.29) is 42.4 Å². The van der Waals surface area contributed by atoms with Gasteiger partial charge in [-0.15, -0.1) is 0 Å². The molecular weight excluding hydrogens is 418 g/mol. The Morgan fingerprint density at radius 2 is 2.09 bits per heavy atom. The van der Waals surface area contributed by atoms with Gasteiger partial charge in [0, 0.05) is 44.1 Å². The third kappa shape index (κ3) is 6.70. The first-order valence-corrected chi connectivity index (χ1v) is 12.0. The smallest absolute Gasteiger partial charge is 0.259 e. The van der Waals surface area contributed by atoms with E-state index in [1.54, 1.807) is 29.1 Å². The zero-order valence-corrected chi connectivity index (χ0v) is 20.5. The average Bonchev–Trinajstić information content (AvgIpc) is 3.59. The zero-order valence-electron chi connectivity index (χ0n) is 20.5. The number of rotatable bonds is 7. The van der Waals surface area contributed by atoms with Gasteiger partial charge in [-0.1, -0.05) is 32.6 Å². The van der Waals surface area contributed by atoms with Crippen molar-refractivity contribution in [2.45, 2.75) is 65.5 Å². The topological polar surface area (TPSA) is 83.0 Å². The fourth-order valence-corrected chi connectivity index (χ4v) is 3.84. The minimum Gasteiger partial charge on any atom is -0.472 e. The second kappa shape index (κ2) is 11.0. The summed E-state index contributed by atoms with van der Waals surface area (Å²) in [5.41, 5.74) is 1.00. The largest absolute Gasteiger partial charge is 0.472 e. The summed E-state index contributed by atoms with van der Waals surface area (Å²) < 4.78 is 6.26. The number of hydrogen-bond acceptors (Lipinski definition) is 5. The van der Waals surface area contributed by atoms with Crippen LogP contribution in [0.4, 0.5) is 0 Å². The Kier molecular flexibility index (Phi) is 8.36. The normalized spacial score (nSPS) is 21.3. The van der Waals surface area contributed by atoms with Crippen LogP contribution in [0.2, 0.25) is 0 Å². The second-order valence-corrected chi connectivity index (χ2v) is 10.0. The molecule has 2 heterocycles. The van der Waals surface area contributed by atoms with E-state index in [1.165, 1.54) is 0 Å². The van der Waals surface area contributed by atoms with Gasteiger partial charge in [0.15, 0.2) is 0 Å². The van der Waals surface area contributed by atoms with Crippen LogP contribution in [0.15, 0.2) is 12.3 Å². The van der Waals surface area contributed by atoms with Gasteiger partial charge in [0.25, 0.3) is 5.91 Å². The second-order valence-electron chi connectivity index (χ2n) is 10.0. The SMILES string of the molecule is CC(C)CC#Cc1cnc2c(c1)C(=O)N([C@@H](C)CO)C[C@@H](C)[C@@H](CN(C)C(=O)CC1CC1)O2. The molecule has 0 radical (unpaired) electrons. The molecule has 3 rings (SSSR count). The molecule has 1 N–H and O–H groups in total. The summed E-state index contributed by atoms with van der Waals surface area (Å²) in [6.07, 6.45) is 4.90. The van der Waals surface area contributed by atoms with Gasteiger partial charge in [-0.3, -0.25) is 9.59 Å². The molecule has 0 unspecified atom stereocenters. The van der Waals surface area contributed by atoms with E-state index in [9.17, 15) is 14.7 Å². The van der Waals surface area contributed by atoms with Crippen LogP contribution >= 0.6 is 0 Å². The Morgan fingerprint density at radius 1 is 1.36 bits per heavy atom. The van der Waals surface area contributed by atoms with Gasteiger partial charge in [0.1, 0.15) is 11.7 Å². The fourth-order valence-electron chi connectivity index (χ4n) is 3.84. The van der Waals surface area contributed by atoms with Gasteiger partial charge in [-0.25, -0.2) is 4.98 Å². The number of pyridine rings is 1. The molecule has 1 aliphatic heterocycles. The van der Waals surface area contributed by atoms with Crippen LogP contribution < -0.4 is 4.74 Å². The number of aromatic nitrogens is 1. The quantitative estimate of drug-likeness (QED) is 0.639. The third-order valence-corrected chi connectivity index (χ3v) is 6.30. The van der Waals surface area contributed by atoms with Gasteiger partial charge in [-0.05, 0) is 37.7 Å². The van der Waals surface area contributed by atoms with Crippen molar-refractivity contribution < 1.29 is 19.4 Å². The number of likely N-dealkylation sites (N-methyl/N-ethyl adjacent to an activating group) is 1. The van der Waals surface area contributed by atoms with Gasteiger partial charge in [0.2, 0.25) is 11.8 Å². The Hall–Kier alpha value is -2.59. The highest BCUT2D eigenvalue weighted by molar-refractivity contribution is 5.97. The van der Waals surface area contributed by atoms with Crippen molar-refractivity contribution in [3.8, 4) is 17.7 Å². The molecule has 1 aromatic rings. The van der Waals surface area contributed by atoms with E-state index in [1.807, 2.05) is 13.8 Å². The van der Waals surface area contributed by atoms with Crippen molar-refractivity contribution in [3.05, 3.63) is 23.4 Å². The molecule has 1 saturated carbocycles. The summed E-state index contributed by atoms with van der Waals surface area (Å²) in [5.74, 6) is 7.30. The summed E-state index contributed by atoms with van der Waals surface area (Å²) in [5, 5.41) is 9.78. The molecule has 2 amide bonds. The fraction of sp³-hybridized carbons (Fsp3) is 0.654. The number of fused-ring (bicyclic) bond motifs is 1. The van der Waals surface area contributed by atoms with Crippen LogP contribution in [0, 0.1) is 29.6 Å². The van der Waals surface area contributed by atoms with Gasteiger partial charge < -0.3 is 19.6 Å². The Bertz CT molecular complexity index is 916. The monoisotopic (exact) mass is 455 g/mol. The van der Waals surface area contributed by atoms with Crippen molar-refractivity contribution >= 4 is 11.8 Å². The predicted molar refractivity (Wildman–Crippen MR) is 127 cm³/mol. The van der Waals surface area contributed by atoms with Crippen molar-refractivity contribution in [2.24, 2.45) is 17.8 Å². The number of nitrogens with zero attached hydrogens (tertiary/aromatic N) is 3. The Morgan fingerprint density at radius 3 is 2.73 bits per heavy atom. The lowest BCUT2D eigenvalue weighted by atomic mass is 9.99. The van der Waals surface area contributed by atoms with E-state index in [0.29, 0.717) is 42.5 Å². The van der Waals surface area contributed by atoms with Crippen molar-refractivity contribution in [2.75, 3.05) is 26.7 Å². The van der Waals surface area contributed by atoms with E-state index < -0.39 is 0 Å². The van der Waals surface area contributed by atoms with E-state index in [2.05, 4.69) is 30.7 Å². The Labute approximate surface area is 197 Å². The molecule has 0 saturated heterocycles. The molecule has 7 nitrogen and oxygen atoms in total. The minimum absolute atomic E-state index is 0.0559. The molecule has 7 heteroatoms. The van der Waals surface area contributed by atoms with Crippen LogP contribution in [-0.2, 0) is 4.79 Å². The van der Waals surface area contributed by atoms with Crippen molar-refractivity contribution in [1.29, 1.82) is 0 Å². The number of aliphatic hydroxyl groups is 1. The summed E-state index contributed by atoms with van der Waals surface area (Å²) in [7, 11) is 1.81. The first-order valence-electron chi connectivity index (χ1n) is 12.0. The summed E-state index contributed by atoms with van der Waals surface area (Å²) in [6, 6.07) is 1.38. The molecule has 180 valence electrons. The standard InChI is InChI=1S/C26H37N3O4/c1-17(2)7-6-8-21-11-22-25(27-13-21)33-23(15-28(5)24(31)12-20-9-10-20)18(3)14-29(26(22)32)19(4)16-30/h11,13,17-20,23,30H,7,9-10,12,14-16H2,1-5H3/t18-,19+,23-/m1/s1. The predicted octanol–water partition coefficient (Wildman–Crippen LogP) is 2.96. The van der Waals surface area contributed by atoms with E-state index in [4.69, 9.17) is 4.74 Å². The van der Waals surface area contributed by atoms with Gasteiger partial charge >= 0.3 is 0 Å². The summed E-state index contributed by atoms with van der Waals surface area (Å²) in [6.45, 7) is 8.73. The van der Waals surface area contributed by atoms with E-state index >= 15 is 0 Å². The highest BCUT2D eigenvalue weighted by Gasteiger charge is 2.35. The van der Waals surface area contributed by atoms with Crippen molar-refractivity contribution in [3.63, 3.8) is 0 Å². The molecule has 0 aromatic carbocycles. The Balaban J connectivity index is 1.89. The third-order valence-electron chi connectivity index (χ3n) is 6.30. The maximum absolute atomic E-state index is 13.4. The number of ether oxygens (including phenoxy) is 1. The molecule has 33 heavy (non-hydrogen) atoms. The molecule has 0 bridgehead atoms. The number of carbonyl (C=O) groups excluding carboxylic acids is 2. The van der Waals surface area contributed by atoms with Crippen LogP contribution in [0.25, 0.3) is 0 Å². The van der Waals surface area contributed by atoms with Crippen LogP contribution in [0.5, 0.6) is 5.88 Å². The minimum atomic E-state index is -0.351. The highest BCUT2D eigenvalue weighted by atomic mass is 16.5. The van der Waals surface area contributed by atoms with Gasteiger partial charge in [-0.2, -0.15) is 0 Å². The lowest BCUT2D eigenvalue weighted by Gasteiger charge is -2.37. The molecule has 1 aromatic heterocycles. The number of aliphatic hydroxyl groups excluding tert-OH is 1. The first kappa shape index (κ1) is 25.0. The van der Waals surface area contributed by atoms with Crippen LogP contribution in [0.3, 0.4) is 0 Å². The van der Waals surface area contributed by atoms with Crippen molar-refractivity contribution in [1.82, 2.24) is 14.8 Å². The summed E-state index contributed by atoms with van der Waals surface area (Å²) >= 11 is 0. The average molecular weight is 456 g/mol. The highest BCUT2D eigenvalue weighted by Crippen LogP contribution is 2.33. The molecule has 3 atom stereocenters. The number of carbonyl (C=O) groups is 2. The lowest BCUT2D eigenvalue weighted by molar-refractivity contribution is -0.131. The molecule has 0 spiro atoms. The summed E-state index contributed by atoms with van der Waals surface area (Å²) in [4.78, 5) is 33.9. The number of amides is 2. The van der Waals surface area contributed by atoms with E-state index in [0.717, 1.165) is 19.3 Å². The number of hydrogen-bond donors (Lipinski definition) is 1.